The second-order valence-electron chi connectivity index (χ2n) is 5.70. The quantitative estimate of drug-likeness (QED) is 0.875. The Morgan fingerprint density at radius 2 is 2.00 bits per heavy atom. The summed E-state index contributed by atoms with van der Waals surface area (Å²) in [5.41, 5.74) is 0.630. The molecule has 0 saturated heterocycles. The Balaban J connectivity index is 2.17. The summed E-state index contributed by atoms with van der Waals surface area (Å²) in [7, 11) is 0. The van der Waals surface area contributed by atoms with Gasteiger partial charge in [0.25, 0.3) is 0 Å². The average Bonchev–Trinajstić information content (AvgIpc) is 2.88. The van der Waals surface area contributed by atoms with Crippen LogP contribution in [0.15, 0.2) is 28.8 Å². The maximum absolute atomic E-state index is 11.7. The number of carbonyl (C=O) groups is 2. The van der Waals surface area contributed by atoms with Gasteiger partial charge in [-0.25, -0.2) is 9.59 Å². The van der Waals surface area contributed by atoms with Crippen LogP contribution in [0, 0.1) is 0 Å². The van der Waals surface area contributed by atoms with E-state index in [1.165, 1.54) is 12.1 Å². The number of carbonyl (C=O) groups excluding carboxylic acids is 1. The topological polar surface area (TPSA) is 102 Å². The second-order valence-corrected chi connectivity index (χ2v) is 6.11. The molecule has 0 spiro atoms. The fourth-order valence-electron chi connectivity index (χ4n) is 1.70. The van der Waals surface area contributed by atoms with E-state index in [0.29, 0.717) is 16.9 Å². The van der Waals surface area contributed by atoms with Crippen LogP contribution in [0.25, 0.3) is 11.3 Å². The number of rotatable bonds is 3. The summed E-state index contributed by atoms with van der Waals surface area (Å²) in [6.07, 6.45) is -0.623. The van der Waals surface area contributed by atoms with Crippen LogP contribution in [-0.4, -0.2) is 27.9 Å². The third-order valence-corrected chi connectivity index (χ3v) is 2.93. The summed E-state index contributed by atoms with van der Waals surface area (Å²) in [4.78, 5) is 22.5. The Bertz CT molecular complexity index is 749. The Labute approximate surface area is 137 Å². The Hall–Kier alpha value is -2.54. The lowest BCUT2D eigenvalue weighted by atomic mass is 10.1. The van der Waals surface area contributed by atoms with Crippen LogP contribution >= 0.6 is 11.6 Å². The van der Waals surface area contributed by atoms with Gasteiger partial charge < -0.3 is 14.4 Å². The summed E-state index contributed by atoms with van der Waals surface area (Å²) in [5.74, 6) is -1.48. The molecule has 1 amide bonds. The lowest BCUT2D eigenvalue weighted by Crippen LogP contribution is -2.27. The zero-order chi connectivity index (χ0) is 17.2. The highest BCUT2D eigenvalue weighted by molar-refractivity contribution is 6.34. The lowest BCUT2D eigenvalue weighted by molar-refractivity contribution is 0.0630. The van der Waals surface area contributed by atoms with Gasteiger partial charge in [-0.2, -0.15) is 0 Å². The fourth-order valence-corrected chi connectivity index (χ4v) is 1.93. The van der Waals surface area contributed by atoms with Crippen molar-refractivity contribution in [3.8, 4) is 11.3 Å². The van der Waals surface area contributed by atoms with Crippen molar-refractivity contribution in [3.63, 3.8) is 0 Å². The molecule has 0 atom stereocenters. The standard InChI is InChI=1S/C15H15ClN2O5/c1-15(2,3)22-14(21)17-10-5-4-8(6-9(10)16)11-7-12(13(19)20)23-18-11/h4-7H,1-3H3,(H,17,21)(H,19,20). The number of carboxylic acids is 1. The Morgan fingerprint density at radius 3 is 2.52 bits per heavy atom. The van der Waals surface area contributed by atoms with Crippen molar-refractivity contribution >= 4 is 29.4 Å². The van der Waals surface area contributed by atoms with E-state index in [0.717, 1.165) is 0 Å². The number of halogens is 1. The van der Waals surface area contributed by atoms with Crippen molar-refractivity contribution in [1.82, 2.24) is 5.16 Å². The normalized spacial score (nSPS) is 11.1. The maximum atomic E-state index is 11.7. The number of anilines is 1. The molecule has 1 aromatic heterocycles. The molecule has 2 rings (SSSR count). The van der Waals surface area contributed by atoms with Crippen LogP contribution in [0.4, 0.5) is 10.5 Å². The summed E-state index contributed by atoms with van der Waals surface area (Å²) in [6.45, 7) is 5.26. The molecular weight excluding hydrogens is 324 g/mol. The largest absolute Gasteiger partial charge is 0.475 e. The first-order chi connectivity index (χ1) is 10.7. The van der Waals surface area contributed by atoms with Gasteiger partial charge in [-0.15, -0.1) is 0 Å². The number of hydrogen-bond acceptors (Lipinski definition) is 5. The highest BCUT2D eigenvalue weighted by Gasteiger charge is 2.18. The van der Waals surface area contributed by atoms with E-state index in [1.54, 1.807) is 32.9 Å². The minimum atomic E-state index is -1.21. The molecule has 8 heteroatoms. The van der Waals surface area contributed by atoms with E-state index < -0.39 is 17.7 Å². The lowest BCUT2D eigenvalue weighted by Gasteiger charge is -2.20. The molecule has 2 aromatic rings. The van der Waals surface area contributed by atoms with Gasteiger partial charge in [0, 0.05) is 11.6 Å². The van der Waals surface area contributed by atoms with Crippen LogP contribution < -0.4 is 5.32 Å². The zero-order valence-electron chi connectivity index (χ0n) is 12.7. The molecule has 7 nitrogen and oxygen atoms in total. The van der Waals surface area contributed by atoms with E-state index in [1.807, 2.05) is 0 Å². The number of carboxylic acid groups (broad SMARTS) is 1. The molecule has 0 aliphatic carbocycles. The first-order valence-corrected chi connectivity index (χ1v) is 7.03. The number of amides is 1. The Kier molecular flexibility index (Phi) is 4.60. The van der Waals surface area contributed by atoms with Gasteiger partial charge in [-0.1, -0.05) is 22.8 Å². The molecule has 0 aliphatic heterocycles. The third-order valence-electron chi connectivity index (χ3n) is 2.62. The minimum absolute atomic E-state index is 0.258. The van der Waals surface area contributed by atoms with Crippen LogP contribution in [-0.2, 0) is 4.74 Å². The monoisotopic (exact) mass is 338 g/mol. The van der Waals surface area contributed by atoms with Crippen molar-refractivity contribution in [2.24, 2.45) is 0 Å². The zero-order valence-corrected chi connectivity index (χ0v) is 13.5. The molecule has 1 aromatic carbocycles. The molecule has 0 radical (unpaired) electrons. The fraction of sp³-hybridized carbons (Fsp3) is 0.267. The SMILES string of the molecule is CC(C)(C)OC(=O)Nc1ccc(-c2cc(C(=O)O)on2)cc1Cl. The van der Waals surface area contributed by atoms with Gasteiger partial charge in [0.1, 0.15) is 11.3 Å². The van der Waals surface area contributed by atoms with Crippen molar-refractivity contribution < 1.29 is 24.0 Å². The molecule has 0 unspecified atom stereocenters. The van der Waals surface area contributed by atoms with Crippen LogP contribution in [0.1, 0.15) is 31.3 Å². The first kappa shape index (κ1) is 16.8. The van der Waals surface area contributed by atoms with Crippen molar-refractivity contribution in [2.75, 3.05) is 5.32 Å². The molecule has 0 saturated carbocycles. The maximum Gasteiger partial charge on any atom is 0.412 e. The van der Waals surface area contributed by atoms with E-state index in [-0.39, 0.29) is 10.8 Å². The number of aromatic carboxylic acids is 1. The number of hydrogen-bond donors (Lipinski definition) is 2. The summed E-state index contributed by atoms with van der Waals surface area (Å²) in [6, 6.07) is 6.02. The molecule has 2 N–H and O–H groups in total. The molecule has 0 aliphatic rings. The number of benzene rings is 1. The highest BCUT2D eigenvalue weighted by atomic mass is 35.5. The van der Waals surface area contributed by atoms with E-state index in [9.17, 15) is 9.59 Å². The number of aromatic nitrogens is 1. The Morgan fingerprint density at radius 1 is 1.30 bits per heavy atom. The number of nitrogens with zero attached hydrogens (tertiary/aromatic N) is 1. The van der Waals surface area contributed by atoms with Crippen molar-refractivity contribution in [2.45, 2.75) is 26.4 Å². The van der Waals surface area contributed by atoms with Gasteiger partial charge in [-0.3, -0.25) is 5.32 Å². The molecule has 0 fully saturated rings. The van der Waals surface area contributed by atoms with Crippen molar-refractivity contribution in [1.29, 1.82) is 0 Å². The molecule has 122 valence electrons. The number of ether oxygens (including phenoxy) is 1. The van der Waals surface area contributed by atoms with E-state index >= 15 is 0 Å². The molecule has 23 heavy (non-hydrogen) atoms. The van der Waals surface area contributed by atoms with Gasteiger partial charge in [0.2, 0.25) is 5.76 Å². The summed E-state index contributed by atoms with van der Waals surface area (Å²) in [5, 5.41) is 15.3. The van der Waals surface area contributed by atoms with Gasteiger partial charge in [-0.05, 0) is 32.9 Å². The van der Waals surface area contributed by atoms with Gasteiger partial charge in [0.05, 0.1) is 10.7 Å². The first-order valence-electron chi connectivity index (χ1n) is 6.65. The third kappa shape index (κ3) is 4.46. The van der Waals surface area contributed by atoms with Gasteiger partial charge >= 0.3 is 12.1 Å². The molecular formula is C15H15ClN2O5. The second kappa shape index (κ2) is 6.29. The predicted octanol–water partition coefficient (Wildman–Crippen LogP) is 4.04. The van der Waals surface area contributed by atoms with Gasteiger partial charge in [0.15, 0.2) is 0 Å². The average molecular weight is 339 g/mol. The molecule has 1 heterocycles. The van der Waals surface area contributed by atoms with E-state index in [2.05, 4.69) is 15.0 Å². The number of nitrogens with one attached hydrogen (secondary N) is 1. The minimum Gasteiger partial charge on any atom is -0.475 e. The van der Waals surface area contributed by atoms with Crippen LogP contribution in [0.5, 0.6) is 0 Å². The van der Waals surface area contributed by atoms with Crippen LogP contribution in [0.2, 0.25) is 5.02 Å². The summed E-state index contributed by atoms with van der Waals surface area (Å²) < 4.78 is 9.83. The highest BCUT2D eigenvalue weighted by Crippen LogP contribution is 2.29. The predicted molar refractivity (Wildman–Crippen MR) is 83.8 cm³/mol. The van der Waals surface area contributed by atoms with Crippen LogP contribution in [0.3, 0.4) is 0 Å². The van der Waals surface area contributed by atoms with E-state index in [4.69, 9.17) is 21.4 Å². The molecule has 0 bridgehead atoms. The smallest absolute Gasteiger partial charge is 0.412 e. The van der Waals surface area contributed by atoms with Crippen molar-refractivity contribution in [3.05, 3.63) is 35.0 Å². The summed E-state index contributed by atoms with van der Waals surface area (Å²) >= 11 is 6.12.